The second-order valence-corrected chi connectivity index (χ2v) is 6.83. The molecule has 0 bridgehead atoms. The smallest absolute Gasteiger partial charge is 0.272 e. The Hall–Kier alpha value is -2.23. The van der Waals surface area contributed by atoms with Gasteiger partial charge in [0.05, 0.1) is 11.3 Å². The van der Waals surface area contributed by atoms with E-state index >= 15 is 0 Å². The number of nitrogens with one attached hydrogen (secondary N) is 2. The van der Waals surface area contributed by atoms with Crippen LogP contribution >= 0.6 is 22.6 Å². The molecule has 0 aliphatic carbocycles. The van der Waals surface area contributed by atoms with E-state index < -0.39 is 23.0 Å². The summed E-state index contributed by atoms with van der Waals surface area (Å²) in [4.78, 5) is 12.0. The fourth-order valence-corrected chi connectivity index (χ4v) is 3.18. The maximum atomic E-state index is 14.4. The molecule has 0 radical (unpaired) electrons. The fourth-order valence-electron chi connectivity index (χ4n) is 2.53. The van der Waals surface area contributed by atoms with E-state index in [9.17, 15) is 18.0 Å². The molecule has 130 valence electrons. The largest absolute Gasteiger partial charge is 0.352 e. The fraction of sp³-hybridized carbons (Fsp3) is 0.118. The predicted octanol–water partition coefficient (Wildman–Crippen LogP) is 4.45. The van der Waals surface area contributed by atoms with Crippen LogP contribution in [0.3, 0.4) is 0 Å². The van der Waals surface area contributed by atoms with Gasteiger partial charge in [0.15, 0.2) is 17.5 Å². The molecule has 0 unspecified atom stereocenters. The summed E-state index contributed by atoms with van der Waals surface area (Å²) in [5, 5.41) is 5.26. The average molecular weight is 459 g/mol. The monoisotopic (exact) mass is 459 g/mol. The Kier molecular flexibility index (Phi) is 4.63. The summed E-state index contributed by atoms with van der Waals surface area (Å²) in [6.45, 7) is 1.80. The van der Waals surface area contributed by atoms with Crippen LogP contribution in [0.2, 0.25) is 0 Å². The third-order valence-electron chi connectivity index (χ3n) is 3.75. The third-order valence-corrected chi connectivity index (χ3v) is 4.42. The summed E-state index contributed by atoms with van der Waals surface area (Å²) < 4.78 is 44.3. The van der Waals surface area contributed by atoms with Gasteiger partial charge in [0.25, 0.3) is 5.56 Å². The first-order valence-corrected chi connectivity index (χ1v) is 8.32. The van der Waals surface area contributed by atoms with E-state index in [-0.39, 0.29) is 16.8 Å². The first-order valence-electron chi connectivity index (χ1n) is 7.24. The number of benzene rings is 2. The Morgan fingerprint density at radius 2 is 1.84 bits per heavy atom. The molecular weight excluding hydrogens is 446 g/mol. The first-order chi connectivity index (χ1) is 11.8. The summed E-state index contributed by atoms with van der Waals surface area (Å²) >= 11 is 2.13. The maximum absolute atomic E-state index is 14.4. The van der Waals surface area contributed by atoms with E-state index in [1.54, 1.807) is 26.1 Å². The molecule has 1 aromatic heterocycles. The summed E-state index contributed by atoms with van der Waals surface area (Å²) in [5.74, 6) is -4.33. The molecule has 1 heterocycles. The quantitative estimate of drug-likeness (QED) is 0.449. The number of rotatable bonds is 3. The van der Waals surface area contributed by atoms with Crippen molar-refractivity contribution >= 4 is 34.0 Å². The number of H-pyrrole nitrogens is 1. The molecule has 2 N–H and O–H groups in total. The maximum Gasteiger partial charge on any atom is 0.272 e. The Bertz CT molecular complexity index is 1030. The van der Waals surface area contributed by atoms with Crippen LogP contribution in [-0.4, -0.2) is 9.78 Å². The second-order valence-electron chi connectivity index (χ2n) is 5.59. The van der Waals surface area contributed by atoms with E-state index in [1.165, 1.54) is 10.9 Å². The van der Waals surface area contributed by atoms with E-state index in [0.717, 1.165) is 15.2 Å². The van der Waals surface area contributed by atoms with Crippen molar-refractivity contribution in [3.05, 3.63) is 67.4 Å². The molecule has 3 aromatic rings. The minimum atomic E-state index is -1.60. The highest BCUT2D eigenvalue weighted by Gasteiger charge is 2.22. The Balaban J connectivity index is 2.22. The highest BCUT2D eigenvalue weighted by Crippen LogP contribution is 2.35. The van der Waals surface area contributed by atoms with Crippen LogP contribution in [-0.2, 0) is 7.05 Å². The molecule has 0 saturated carbocycles. The van der Waals surface area contributed by atoms with Gasteiger partial charge in [-0.15, -0.1) is 0 Å². The zero-order chi connectivity index (χ0) is 18.3. The predicted molar refractivity (Wildman–Crippen MR) is 98.5 cm³/mol. The lowest BCUT2D eigenvalue weighted by molar-refractivity contribution is 0.450. The molecule has 0 aliphatic heterocycles. The second kappa shape index (κ2) is 6.58. The lowest BCUT2D eigenvalue weighted by Crippen LogP contribution is -2.08. The molecule has 0 amide bonds. The number of aromatic nitrogens is 2. The molecule has 25 heavy (non-hydrogen) atoms. The third kappa shape index (κ3) is 3.30. The molecular formula is C17H13F3IN3O. The summed E-state index contributed by atoms with van der Waals surface area (Å²) in [6, 6.07) is 6.17. The van der Waals surface area contributed by atoms with E-state index in [2.05, 4.69) is 33.0 Å². The van der Waals surface area contributed by atoms with Gasteiger partial charge in [-0.3, -0.25) is 14.6 Å². The van der Waals surface area contributed by atoms with Gasteiger partial charge in [-0.1, -0.05) is 0 Å². The van der Waals surface area contributed by atoms with E-state index in [1.807, 2.05) is 6.07 Å². The van der Waals surface area contributed by atoms with Crippen LogP contribution in [0.25, 0.3) is 11.1 Å². The van der Waals surface area contributed by atoms with Gasteiger partial charge in [-0.2, -0.15) is 0 Å². The van der Waals surface area contributed by atoms with Crippen LogP contribution in [0.5, 0.6) is 0 Å². The van der Waals surface area contributed by atoms with Crippen molar-refractivity contribution < 1.29 is 13.2 Å². The highest BCUT2D eigenvalue weighted by atomic mass is 127. The molecule has 0 fully saturated rings. The summed E-state index contributed by atoms with van der Waals surface area (Å²) in [5.41, 5.74) is 0.472. The highest BCUT2D eigenvalue weighted by molar-refractivity contribution is 14.1. The van der Waals surface area contributed by atoms with Gasteiger partial charge in [-0.05, 0) is 59.3 Å². The Morgan fingerprint density at radius 1 is 1.12 bits per heavy atom. The van der Waals surface area contributed by atoms with Gasteiger partial charge in [0.2, 0.25) is 0 Å². The van der Waals surface area contributed by atoms with E-state index in [0.29, 0.717) is 5.69 Å². The lowest BCUT2D eigenvalue weighted by atomic mass is 10.0. The number of aryl methyl sites for hydroxylation is 2. The Labute approximate surface area is 154 Å². The molecule has 0 saturated heterocycles. The van der Waals surface area contributed by atoms with Crippen molar-refractivity contribution in [2.75, 3.05) is 5.32 Å². The summed E-state index contributed by atoms with van der Waals surface area (Å²) in [7, 11) is 1.57. The van der Waals surface area contributed by atoms with Crippen LogP contribution in [0.4, 0.5) is 24.5 Å². The molecule has 0 atom stereocenters. The van der Waals surface area contributed by atoms with Gasteiger partial charge in [0, 0.05) is 28.1 Å². The van der Waals surface area contributed by atoms with Gasteiger partial charge in [-0.25, -0.2) is 13.2 Å². The van der Waals surface area contributed by atoms with Gasteiger partial charge in [0.1, 0.15) is 0 Å². The Morgan fingerprint density at radius 3 is 2.44 bits per heavy atom. The van der Waals surface area contributed by atoms with E-state index in [4.69, 9.17) is 0 Å². The van der Waals surface area contributed by atoms with Gasteiger partial charge >= 0.3 is 0 Å². The zero-order valence-corrected chi connectivity index (χ0v) is 15.4. The SMILES string of the molecule is Cc1cc(I)ccc1Nc1c(-c2cn(C)[nH]c2=O)cc(F)c(F)c1F. The molecule has 2 aromatic carbocycles. The minimum absolute atomic E-state index is 0.0333. The number of nitrogens with zero attached hydrogens (tertiary/aromatic N) is 1. The minimum Gasteiger partial charge on any atom is -0.352 e. The lowest BCUT2D eigenvalue weighted by Gasteiger charge is -2.15. The average Bonchev–Trinajstić information content (AvgIpc) is 2.88. The van der Waals surface area contributed by atoms with Crippen LogP contribution in [0.15, 0.2) is 35.3 Å². The summed E-state index contributed by atoms with van der Waals surface area (Å²) in [6.07, 6.45) is 1.39. The van der Waals surface area contributed by atoms with Crippen molar-refractivity contribution in [2.24, 2.45) is 7.05 Å². The van der Waals surface area contributed by atoms with Gasteiger partial charge < -0.3 is 5.32 Å². The normalized spacial score (nSPS) is 11.0. The number of halogens is 4. The van der Waals surface area contributed by atoms with Crippen molar-refractivity contribution in [1.29, 1.82) is 0 Å². The first kappa shape index (κ1) is 17.6. The molecule has 0 spiro atoms. The zero-order valence-electron chi connectivity index (χ0n) is 13.3. The van der Waals surface area contributed by atoms with Crippen LogP contribution in [0.1, 0.15) is 5.56 Å². The van der Waals surface area contributed by atoms with Crippen molar-refractivity contribution in [3.8, 4) is 11.1 Å². The number of hydrogen-bond acceptors (Lipinski definition) is 2. The number of anilines is 2. The van der Waals surface area contributed by atoms with Crippen molar-refractivity contribution in [1.82, 2.24) is 9.78 Å². The number of aromatic amines is 1. The van der Waals surface area contributed by atoms with Crippen LogP contribution < -0.4 is 10.9 Å². The molecule has 0 aliphatic rings. The van der Waals surface area contributed by atoms with Crippen molar-refractivity contribution in [2.45, 2.75) is 6.92 Å². The molecule has 8 heteroatoms. The van der Waals surface area contributed by atoms with Crippen LogP contribution in [0, 0.1) is 27.9 Å². The molecule has 3 rings (SSSR count). The standard InChI is InChI=1S/C17H13F3IN3O/c1-8-5-9(21)3-4-13(8)22-16-10(6-12(18)14(19)15(16)20)11-7-24(2)23-17(11)25/h3-7,22H,1-2H3,(H,23,25). The van der Waals surface area contributed by atoms with Crippen molar-refractivity contribution in [3.63, 3.8) is 0 Å². The number of hydrogen-bond donors (Lipinski definition) is 2. The topological polar surface area (TPSA) is 49.8 Å². The molecule has 4 nitrogen and oxygen atoms in total.